The van der Waals surface area contributed by atoms with E-state index >= 15 is 0 Å². The molecule has 0 spiro atoms. The van der Waals surface area contributed by atoms with Crippen molar-refractivity contribution in [3.05, 3.63) is 23.8 Å². The molecule has 0 aliphatic heterocycles. The van der Waals surface area contributed by atoms with Crippen molar-refractivity contribution in [1.82, 2.24) is 5.32 Å². The maximum atomic E-state index is 5.52. The zero-order chi connectivity index (χ0) is 11.8. The minimum absolute atomic E-state index is 0.655. The molecule has 0 saturated carbocycles. The lowest BCUT2D eigenvalue weighted by atomic mass is 10.2. The van der Waals surface area contributed by atoms with Crippen LogP contribution in [-0.2, 0) is 6.54 Å². The molecule has 0 bridgehead atoms. The van der Waals surface area contributed by atoms with E-state index in [1.54, 1.807) is 7.11 Å². The molecule has 3 nitrogen and oxygen atoms in total. The highest BCUT2D eigenvalue weighted by Gasteiger charge is 2.08. The number of ether oxygens (including phenoxy) is 2. The van der Waals surface area contributed by atoms with Crippen molar-refractivity contribution < 1.29 is 9.47 Å². The number of rotatable bonds is 7. The molecule has 0 amide bonds. The van der Waals surface area contributed by atoms with Gasteiger partial charge in [0.15, 0.2) is 11.5 Å². The molecule has 1 rings (SSSR count). The zero-order valence-corrected chi connectivity index (χ0v) is 10.4. The number of benzene rings is 1. The maximum Gasteiger partial charge on any atom is 0.165 e. The van der Waals surface area contributed by atoms with E-state index < -0.39 is 0 Å². The topological polar surface area (TPSA) is 30.5 Å². The van der Waals surface area contributed by atoms with Crippen LogP contribution in [0.3, 0.4) is 0 Å². The fraction of sp³-hybridized carbons (Fsp3) is 0.538. The Labute approximate surface area is 97.8 Å². The Balaban J connectivity index is 2.77. The summed E-state index contributed by atoms with van der Waals surface area (Å²) in [6.07, 6.45) is 1.13. The van der Waals surface area contributed by atoms with Gasteiger partial charge in [0.25, 0.3) is 0 Å². The Kier molecular flexibility index (Phi) is 5.72. The third kappa shape index (κ3) is 3.42. The van der Waals surface area contributed by atoms with E-state index in [-0.39, 0.29) is 0 Å². The molecule has 1 aromatic carbocycles. The van der Waals surface area contributed by atoms with Crippen molar-refractivity contribution in [3.63, 3.8) is 0 Å². The van der Waals surface area contributed by atoms with Crippen LogP contribution in [0.4, 0.5) is 0 Å². The van der Waals surface area contributed by atoms with Gasteiger partial charge in [0.05, 0.1) is 13.7 Å². The first-order valence-corrected chi connectivity index (χ1v) is 5.82. The predicted molar refractivity (Wildman–Crippen MR) is 66.2 cm³/mol. The lowest BCUT2D eigenvalue weighted by Crippen LogP contribution is -2.14. The molecule has 0 atom stereocenters. The first-order chi connectivity index (χ1) is 7.83. The van der Waals surface area contributed by atoms with Gasteiger partial charge in [-0.15, -0.1) is 0 Å². The first kappa shape index (κ1) is 12.8. The average Bonchev–Trinajstić information content (AvgIpc) is 2.30. The van der Waals surface area contributed by atoms with Crippen molar-refractivity contribution >= 4 is 0 Å². The van der Waals surface area contributed by atoms with Gasteiger partial charge in [0, 0.05) is 12.1 Å². The highest BCUT2D eigenvalue weighted by atomic mass is 16.5. The third-order valence-electron chi connectivity index (χ3n) is 2.31. The summed E-state index contributed by atoms with van der Waals surface area (Å²) in [6, 6.07) is 5.99. The van der Waals surface area contributed by atoms with E-state index in [2.05, 4.69) is 18.3 Å². The van der Waals surface area contributed by atoms with Gasteiger partial charge < -0.3 is 14.8 Å². The van der Waals surface area contributed by atoms with Crippen molar-refractivity contribution in [1.29, 1.82) is 0 Å². The second kappa shape index (κ2) is 7.12. The van der Waals surface area contributed by atoms with Crippen LogP contribution in [0.2, 0.25) is 0 Å². The molecule has 0 fully saturated rings. The Morgan fingerprint density at radius 3 is 2.69 bits per heavy atom. The summed E-state index contributed by atoms with van der Waals surface area (Å²) in [5.41, 5.74) is 1.14. The van der Waals surface area contributed by atoms with Gasteiger partial charge >= 0.3 is 0 Å². The van der Waals surface area contributed by atoms with E-state index in [1.807, 2.05) is 19.1 Å². The third-order valence-corrected chi connectivity index (χ3v) is 2.31. The molecule has 3 heteroatoms. The summed E-state index contributed by atoms with van der Waals surface area (Å²) in [4.78, 5) is 0. The Bertz CT molecular complexity index is 313. The van der Waals surface area contributed by atoms with Gasteiger partial charge in [-0.05, 0) is 26.0 Å². The van der Waals surface area contributed by atoms with Crippen LogP contribution in [0, 0.1) is 0 Å². The molecule has 0 aliphatic rings. The summed E-state index contributed by atoms with van der Waals surface area (Å²) in [6.45, 7) is 6.62. The van der Waals surface area contributed by atoms with Crippen molar-refractivity contribution in [2.24, 2.45) is 0 Å². The summed E-state index contributed by atoms with van der Waals surface area (Å²) >= 11 is 0. The van der Waals surface area contributed by atoms with Crippen LogP contribution in [0.15, 0.2) is 18.2 Å². The molecule has 90 valence electrons. The minimum atomic E-state index is 0.655. The van der Waals surface area contributed by atoms with Gasteiger partial charge in [-0.3, -0.25) is 0 Å². The average molecular weight is 223 g/mol. The smallest absolute Gasteiger partial charge is 0.165 e. The van der Waals surface area contributed by atoms with Crippen LogP contribution in [0.1, 0.15) is 25.8 Å². The monoisotopic (exact) mass is 223 g/mol. The molecule has 0 aromatic heterocycles. The number of hydrogen-bond donors (Lipinski definition) is 1. The molecule has 0 radical (unpaired) electrons. The molecule has 1 aromatic rings. The molecule has 0 unspecified atom stereocenters. The number of para-hydroxylation sites is 1. The molecule has 0 aliphatic carbocycles. The van der Waals surface area contributed by atoms with Crippen molar-refractivity contribution in [2.45, 2.75) is 26.8 Å². The quantitative estimate of drug-likeness (QED) is 0.721. The second-order valence-electron chi connectivity index (χ2n) is 3.56. The summed E-state index contributed by atoms with van der Waals surface area (Å²) in [5.74, 6) is 1.66. The Morgan fingerprint density at radius 2 is 2.06 bits per heavy atom. The van der Waals surface area contributed by atoms with Gasteiger partial charge in [-0.25, -0.2) is 0 Å². The largest absolute Gasteiger partial charge is 0.493 e. The van der Waals surface area contributed by atoms with E-state index in [0.717, 1.165) is 36.6 Å². The lowest BCUT2D eigenvalue weighted by molar-refractivity contribution is 0.308. The standard InChI is InChI=1S/C13H21NO2/c1-4-9-14-10-11-7-6-8-12(16-5-2)13(11)15-3/h6-8,14H,4-5,9-10H2,1-3H3. The van der Waals surface area contributed by atoms with Gasteiger partial charge in [-0.2, -0.15) is 0 Å². The first-order valence-electron chi connectivity index (χ1n) is 5.82. The predicted octanol–water partition coefficient (Wildman–Crippen LogP) is 2.59. The fourth-order valence-electron chi connectivity index (χ4n) is 1.60. The number of methoxy groups -OCH3 is 1. The fourth-order valence-corrected chi connectivity index (χ4v) is 1.60. The zero-order valence-electron chi connectivity index (χ0n) is 10.4. The molecule has 16 heavy (non-hydrogen) atoms. The van der Waals surface area contributed by atoms with E-state index in [9.17, 15) is 0 Å². The SMILES string of the molecule is CCCNCc1cccc(OCC)c1OC. The molecule has 0 saturated heterocycles. The number of hydrogen-bond acceptors (Lipinski definition) is 3. The summed E-state index contributed by atoms with van der Waals surface area (Å²) in [7, 11) is 1.68. The van der Waals surface area contributed by atoms with Crippen LogP contribution in [0.5, 0.6) is 11.5 Å². The van der Waals surface area contributed by atoms with E-state index in [0.29, 0.717) is 6.61 Å². The highest BCUT2D eigenvalue weighted by Crippen LogP contribution is 2.30. The normalized spacial score (nSPS) is 10.2. The van der Waals surface area contributed by atoms with Gasteiger partial charge in [0.2, 0.25) is 0 Å². The van der Waals surface area contributed by atoms with Crippen LogP contribution < -0.4 is 14.8 Å². The number of nitrogens with one attached hydrogen (secondary N) is 1. The molecular formula is C13H21NO2. The highest BCUT2D eigenvalue weighted by molar-refractivity contribution is 5.46. The van der Waals surface area contributed by atoms with E-state index in [1.165, 1.54) is 0 Å². The van der Waals surface area contributed by atoms with Crippen LogP contribution >= 0.6 is 0 Å². The molecular weight excluding hydrogens is 202 g/mol. The summed E-state index contributed by atoms with van der Waals surface area (Å²) in [5, 5.41) is 3.36. The van der Waals surface area contributed by atoms with Crippen molar-refractivity contribution in [3.8, 4) is 11.5 Å². The lowest BCUT2D eigenvalue weighted by Gasteiger charge is -2.13. The summed E-state index contributed by atoms with van der Waals surface area (Å²) < 4.78 is 10.9. The van der Waals surface area contributed by atoms with Gasteiger partial charge in [-0.1, -0.05) is 19.1 Å². The van der Waals surface area contributed by atoms with Gasteiger partial charge in [0.1, 0.15) is 0 Å². The minimum Gasteiger partial charge on any atom is -0.493 e. The Morgan fingerprint density at radius 1 is 1.25 bits per heavy atom. The molecule has 0 heterocycles. The van der Waals surface area contributed by atoms with E-state index in [4.69, 9.17) is 9.47 Å². The second-order valence-corrected chi connectivity index (χ2v) is 3.56. The molecule has 1 N–H and O–H groups in total. The van der Waals surface area contributed by atoms with Crippen LogP contribution in [0.25, 0.3) is 0 Å². The Hall–Kier alpha value is -1.22. The van der Waals surface area contributed by atoms with Crippen LogP contribution in [-0.4, -0.2) is 20.3 Å². The van der Waals surface area contributed by atoms with Crippen molar-refractivity contribution in [2.75, 3.05) is 20.3 Å². The maximum absolute atomic E-state index is 5.52.